The van der Waals surface area contributed by atoms with Crippen molar-refractivity contribution < 1.29 is 19.0 Å². The molecule has 1 N–H and O–H groups in total. The summed E-state index contributed by atoms with van der Waals surface area (Å²) in [4.78, 5) is 16.0. The standard InChI is InChI=1S/C28H34N4O4/c1-34-24-9-5-8-22(16-24)27-25(19-32(30-27)18-21-6-3-2-4-7-21)28(33)29-17-26(23-10-13-36-20-23)31-11-14-35-15-12-31/h2-9,16,19,23,26H,10-15,17-18,20H2,1H3,(H,29,33). The van der Waals surface area contributed by atoms with Gasteiger partial charge < -0.3 is 19.5 Å². The first kappa shape index (κ1) is 24.5. The number of aromatic nitrogens is 2. The maximum Gasteiger partial charge on any atom is 0.255 e. The fraction of sp³-hybridized carbons (Fsp3) is 0.429. The Morgan fingerprint density at radius 1 is 1.11 bits per heavy atom. The van der Waals surface area contributed by atoms with Gasteiger partial charge in [0.15, 0.2) is 0 Å². The van der Waals surface area contributed by atoms with Gasteiger partial charge in [0.05, 0.1) is 39.0 Å². The van der Waals surface area contributed by atoms with E-state index in [4.69, 9.17) is 19.3 Å². The average Bonchev–Trinajstić information content (AvgIpc) is 3.61. The van der Waals surface area contributed by atoms with E-state index in [-0.39, 0.29) is 11.9 Å². The zero-order chi connectivity index (χ0) is 24.7. The number of morpholine rings is 1. The Bertz CT molecular complexity index is 1140. The van der Waals surface area contributed by atoms with E-state index >= 15 is 0 Å². The molecule has 0 aliphatic carbocycles. The van der Waals surface area contributed by atoms with Gasteiger partial charge in [-0.2, -0.15) is 5.10 Å². The number of benzene rings is 2. The molecular weight excluding hydrogens is 456 g/mol. The molecule has 1 amide bonds. The number of ether oxygens (including phenoxy) is 3. The molecule has 1 aromatic heterocycles. The summed E-state index contributed by atoms with van der Waals surface area (Å²) < 4.78 is 18.5. The van der Waals surface area contributed by atoms with Gasteiger partial charge in [-0.15, -0.1) is 0 Å². The molecule has 2 unspecified atom stereocenters. The molecule has 0 radical (unpaired) electrons. The van der Waals surface area contributed by atoms with Crippen LogP contribution < -0.4 is 10.1 Å². The highest BCUT2D eigenvalue weighted by molar-refractivity contribution is 5.99. The molecule has 2 atom stereocenters. The lowest BCUT2D eigenvalue weighted by atomic mass is 9.96. The Hall–Kier alpha value is -3.20. The minimum absolute atomic E-state index is 0.121. The first-order chi connectivity index (χ1) is 17.7. The normalized spacial score (nSPS) is 19.2. The van der Waals surface area contributed by atoms with E-state index in [1.807, 2.05) is 53.3 Å². The van der Waals surface area contributed by atoms with Crippen molar-refractivity contribution in [1.29, 1.82) is 0 Å². The average molecular weight is 491 g/mol. The number of nitrogens with zero attached hydrogens (tertiary/aromatic N) is 3. The molecule has 8 nitrogen and oxygen atoms in total. The monoisotopic (exact) mass is 490 g/mol. The zero-order valence-corrected chi connectivity index (χ0v) is 20.8. The first-order valence-electron chi connectivity index (χ1n) is 12.6. The molecule has 190 valence electrons. The molecule has 3 aromatic rings. The quantitative estimate of drug-likeness (QED) is 0.497. The minimum Gasteiger partial charge on any atom is -0.497 e. The van der Waals surface area contributed by atoms with Gasteiger partial charge in [-0.05, 0) is 24.1 Å². The molecule has 2 aromatic carbocycles. The Morgan fingerprint density at radius 2 is 1.94 bits per heavy atom. The van der Waals surface area contributed by atoms with Crippen molar-refractivity contribution in [2.24, 2.45) is 5.92 Å². The molecule has 2 aliphatic heterocycles. The number of nitrogens with one attached hydrogen (secondary N) is 1. The molecule has 2 aliphatic rings. The maximum atomic E-state index is 13.6. The molecular formula is C28H34N4O4. The Balaban J connectivity index is 1.39. The fourth-order valence-electron chi connectivity index (χ4n) is 5.07. The predicted molar refractivity (Wildman–Crippen MR) is 137 cm³/mol. The summed E-state index contributed by atoms with van der Waals surface area (Å²) in [6.07, 6.45) is 2.86. The lowest BCUT2D eigenvalue weighted by molar-refractivity contribution is 0.00166. The summed E-state index contributed by atoms with van der Waals surface area (Å²) in [5.41, 5.74) is 3.18. The Labute approximate surface area is 212 Å². The second-order valence-corrected chi connectivity index (χ2v) is 9.36. The predicted octanol–water partition coefficient (Wildman–Crippen LogP) is 3.07. The van der Waals surface area contributed by atoms with Crippen LogP contribution >= 0.6 is 0 Å². The van der Waals surface area contributed by atoms with Crippen LogP contribution in [0.1, 0.15) is 22.3 Å². The SMILES string of the molecule is COc1cccc(-c2nn(Cc3ccccc3)cc2C(=O)NCC(C2CCOC2)N2CCOCC2)c1. The van der Waals surface area contributed by atoms with E-state index in [1.165, 1.54) is 0 Å². The van der Waals surface area contributed by atoms with Gasteiger partial charge in [0.2, 0.25) is 0 Å². The smallest absolute Gasteiger partial charge is 0.255 e. The lowest BCUT2D eigenvalue weighted by Gasteiger charge is -2.37. The summed E-state index contributed by atoms with van der Waals surface area (Å²) in [5, 5.41) is 8.05. The van der Waals surface area contributed by atoms with Gasteiger partial charge in [-0.3, -0.25) is 14.4 Å². The van der Waals surface area contributed by atoms with Crippen molar-refractivity contribution >= 4 is 5.91 Å². The van der Waals surface area contributed by atoms with Crippen molar-refractivity contribution in [3.63, 3.8) is 0 Å². The van der Waals surface area contributed by atoms with Crippen molar-refractivity contribution in [3.05, 3.63) is 71.9 Å². The lowest BCUT2D eigenvalue weighted by Crippen LogP contribution is -2.52. The topological polar surface area (TPSA) is 77.9 Å². The molecule has 0 bridgehead atoms. The number of amides is 1. The van der Waals surface area contributed by atoms with E-state index in [2.05, 4.69) is 22.3 Å². The van der Waals surface area contributed by atoms with Crippen molar-refractivity contribution in [2.45, 2.75) is 19.0 Å². The van der Waals surface area contributed by atoms with E-state index < -0.39 is 0 Å². The number of carbonyl (C=O) groups excluding carboxylic acids is 1. The summed E-state index contributed by atoms with van der Waals surface area (Å²) in [7, 11) is 1.64. The number of methoxy groups -OCH3 is 1. The minimum atomic E-state index is -0.121. The number of hydrogen-bond acceptors (Lipinski definition) is 6. The van der Waals surface area contributed by atoms with Gasteiger partial charge in [0, 0.05) is 50.0 Å². The van der Waals surface area contributed by atoms with Crippen LogP contribution in [0.15, 0.2) is 60.8 Å². The molecule has 8 heteroatoms. The second kappa shape index (κ2) is 11.7. The third-order valence-corrected chi connectivity index (χ3v) is 7.03. The van der Waals surface area contributed by atoms with E-state index in [0.717, 1.165) is 62.8 Å². The summed E-state index contributed by atoms with van der Waals surface area (Å²) in [5.74, 6) is 1.01. The number of hydrogen-bond donors (Lipinski definition) is 1. The summed E-state index contributed by atoms with van der Waals surface area (Å²) in [6, 6.07) is 18.0. The fourth-order valence-corrected chi connectivity index (χ4v) is 5.07. The molecule has 2 fully saturated rings. The number of carbonyl (C=O) groups is 1. The summed E-state index contributed by atoms with van der Waals surface area (Å²) >= 11 is 0. The molecule has 5 rings (SSSR count). The second-order valence-electron chi connectivity index (χ2n) is 9.36. The highest BCUT2D eigenvalue weighted by Crippen LogP contribution is 2.27. The van der Waals surface area contributed by atoms with Crippen LogP contribution in [0.25, 0.3) is 11.3 Å². The third-order valence-electron chi connectivity index (χ3n) is 7.03. The van der Waals surface area contributed by atoms with E-state index in [9.17, 15) is 4.79 Å². The maximum absolute atomic E-state index is 13.6. The van der Waals surface area contributed by atoms with Gasteiger partial charge >= 0.3 is 0 Å². The highest BCUT2D eigenvalue weighted by Gasteiger charge is 2.32. The zero-order valence-electron chi connectivity index (χ0n) is 20.8. The van der Waals surface area contributed by atoms with Crippen molar-refractivity contribution in [1.82, 2.24) is 20.0 Å². The van der Waals surface area contributed by atoms with Crippen LogP contribution in [0.2, 0.25) is 0 Å². The van der Waals surface area contributed by atoms with Gasteiger partial charge in [0.1, 0.15) is 11.4 Å². The van der Waals surface area contributed by atoms with Gasteiger partial charge in [0.25, 0.3) is 5.91 Å². The third kappa shape index (κ3) is 5.78. The van der Waals surface area contributed by atoms with Crippen molar-refractivity contribution in [2.75, 3.05) is 53.2 Å². The van der Waals surface area contributed by atoms with E-state index in [0.29, 0.717) is 30.3 Å². The van der Waals surface area contributed by atoms with Gasteiger partial charge in [-0.1, -0.05) is 42.5 Å². The van der Waals surface area contributed by atoms with E-state index in [1.54, 1.807) is 7.11 Å². The van der Waals surface area contributed by atoms with Crippen LogP contribution in [-0.4, -0.2) is 79.8 Å². The molecule has 36 heavy (non-hydrogen) atoms. The highest BCUT2D eigenvalue weighted by atomic mass is 16.5. The summed E-state index contributed by atoms with van der Waals surface area (Å²) in [6.45, 7) is 5.87. The van der Waals surface area contributed by atoms with Crippen molar-refractivity contribution in [3.8, 4) is 17.0 Å². The molecule has 0 spiro atoms. The van der Waals surface area contributed by atoms with Gasteiger partial charge in [-0.25, -0.2) is 0 Å². The Kier molecular flexibility index (Phi) is 7.95. The van der Waals surface area contributed by atoms with Crippen LogP contribution in [0.3, 0.4) is 0 Å². The van der Waals surface area contributed by atoms with Crippen LogP contribution in [0.4, 0.5) is 0 Å². The van der Waals surface area contributed by atoms with Crippen LogP contribution in [0.5, 0.6) is 5.75 Å². The first-order valence-corrected chi connectivity index (χ1v) is 12.6. The van der Waals surface area contributed by atoms with Crippen LogP contribution in [0, 0.1) is 5.92 Å². The molecule has 0 saturated carbocycles. The Morgan fingerprint density at radius 3 is 2.69 bits per heavy atom. The number of rotatable bonds is 9. The molecule has 3 heterocycles. The van der Waals surface area contributed by atoms with Crippen LogP contribution in [-0.2, 0) is 16.0 Å². The molecule has 2 saturated heterocycles. The largest absolute Gasteiger partial charge is 0.497 e.